The van der Waals surface area contributed by atoms with E-state index in [-0.39, 0.29) is 24.8 Å². The van der Waals surface area contributed by atoms with Crippen molar-refractivity contribution >= 4 is 17.8 Å². The molecule has 0 unspecified atom stereocenters. The number of Topliss-reactive ketones (excluding diaryl/α,β-unsaturated/α-hetero) is 1. The zero-order valence-corrected chi connectivity index (χ0v) is 17.6. The lowest BCUT2D eigenvalue weighted by atomic mass is 10.1. The number of ether oxygens (including phenoxy) is 4. The maximum atomic E-state index is 12.7. The third-order valence-electron chi connectivity index (χ3n) is 4.75. The molecule has 162 valence electrons. The highest BCUT2D eigenvalue weighted by Gasteiger charge is 2.28. The first-order valence-electron chi connectivity index (χ1n) is 10.3. The van der Waals surface area contributed by atoms with Crippen molar-refractivity contribution < 1.29 is 28.5 Å². The average Bonchev–Trinajstić information content (AvgIpc) is 3.13. The molecule has 0 radical (unpaired) electrons. The van der Waals surface area contributed by atoms with Gasteiger partial charge in [-0.3, -0.25) is 4.79 Å². The lowest BCUT2D eigenvalue weighted by Gasteiger charge is -2.08. The predicted molar refractivity (Wildman–Crippen MR) is 119 cm³/mol. The minimum absolute atomic E-state index is 0.183. The Kier molecular flexibility index (Phi) is 6.51. The molecule has 0 aliphatic carbocycles. The summed E-state index contributed by atoms with van der Waals surface area (Å²) < 4.78 is 22.1. The largest absolute Gasteiger partial charge is 0.493 e. The second-order valence-corrected chi connectivity index (χ2v) is 7.00. The van der Waals surface area contributed by atoms with Crippen LogP contribution in [0.5, 0.6) is 17.2 Å². The molecule has 0 saturated carbocycles. The lowest BCUT2D eigenvalue weighted by Crippen LogP contribution is -2.14. The Morgan fingerprint density at radius 1 is 0.969 bits per heavy atom. The van der Waals surface area contributed by atoms with E-state index < -0.39 is 5.97 Å². The molecule has 0 atom stereocenters. The number of para-hydroxylation sites is 1. The van der Waals surface area contributed by atoms with E-state index in [0.717, 1.165) is 11.1 Å². The van der Waals surface area contributed by atoms with Gasteiger partial charge in [-0.05, 0) is 36.8 Å². The van der Waals surface area contributed by atoms with Gasteiger partial charge in [-0.2, -0.15) is 0 Å². The summed E-state index contributed by atoms with van der Waals surface area (Å²) in [5.74, 6) is 0.952. The molecule has 6 nitrogen and oxygen atoms in total. The van der Waals surface area contributed by atoms with Gasteiger partial charge in [0.15, 0.2) is 12.4 Å². The minimum Gasteiger partial charge on any atom is -0.493 e. The van der Waals surface area contributed by atoms with Gasteiger partial charge in [0.1, 0.15) is 23.9 Å². The van der Waals surface area contributed by atoms with E-state index in [1.807, 2.05) is 61.5 Å². The van der Waals surface area contributed by atoms with E-state index >= 15 is 0 Å². The van der Waals surface area contributed by atoms with Crippen molar-refractivity contribution in [2.75, 3.05) is 13.2 Å². The first-order valence-corrected chi connectivity index (χ1v) is 10.3. The topological polar surface area (TPSA) is 71.1 Å². The van der Waals surface area contributed by atoms with Crippen LogP contribution in [-0.4, -0.2) is 25.0 Å². The fourth-order valence-electron chi connectivity index (χ4n) is 3.21. The predicted octanol–water partition coefficient (Wildman–Crippen LogP) is 4.82. The summed E-state index contributed by atoms with van der Waals surface area (Å²) in [6.45, 7) is 2.35. The second-order valence-electron chi connectivity index (χ2n) is 7.00. The molecule has 6 heteroatoms. The molecule has 0 amide bonds. The van der Waals surface area contributed by atoms with Crippen LogP contribution in [0, 0.1) is 0 Å². The van der Waals surface area contributed by atoms with E-state index in [4.69, 9.17) is 18.9 Å². The maximum absolute atomic E-state index is 12.7. The maximum Gasteiger partial charge on any atom is 0.344 e. The van der Waals surface area contributed by atoms with Gasteiger partial charge in [0.2, 0.25) is 5.78 Å². The van der Waals surface area contributed by atoms with E-state index in [2.05, 4.69) is 0 Å². The molecular weight excluding hydrogens is 408 g/mol. The van der Waals surface area contributed by atoms with Gasteiger partial charge >= 0.3 is 5.97 Å². The Bertz CT molecular complexity index is 1150. The molecule has 1 aliphatic rings. The number of benzene rings is 3. The molecule has 0 aromatic heterocycles. The number of hydrogen-bond donors (Lipinski definition) is 0. The van der Waals surface area contributed by atoms with Crippen molar-refractivity contribution in [2.45, 2.75) is 13.5 Å². The number of hydrogen-bond acceptors (Lipinski definition) is 6. The molecule has 32 heavy (non-hydrogen) atoms. The summed E-state index contributed by atoms with van der Waals surface area (Å²) in [4.78, 5) is 24.7. The summed E-state index contributed by atoms with van der Waals surface area (Å²) in [7, 11) is 0. The molecule has 0 saturated heterocycles. The van der Waals surface area contributed by atoms with Crippen molar-refractivity contribution in [3.8, 4) is 17.2 Å². The van der Waals surface area contributed by atoms with E-state index in [9.17, 15) is 9.59 Å². The molecule has 0 bridgehead atoms. The van der Waals surface area contributed by atoms with Crippen molar-refractivity contribution in [1.29, 1.82) is 0 Å². The van der Waals surface area contributed by atoms with Crippen molar-refractivity contribution in [1.82, 2.24) is 0 Å². The quantitative estimate of drug-likeness (QED) is 0.377. The van der Waals surface area contributed by atoms with Crippen LogP contribution in [-0.2, 0) is 16.1 Å². The monoisotopic (exact) mass is 430 g/mol. The SMILES string of the molecule is CCOc1ccccc1/C=C1\Oc2cc(OCC(=O)OCc3ccccc3)ccc2C1=O. The highest BCUT2D eigenvalue weighted by Crippen LogP contribution is 2.35. The van der Waals surface area contributed by atoms with Crippen LogP contribution in [0.15, 0.2) is 78.6 Å². The van der Waals surface area contributed by atoms with Crippen LogP contribution in [0.4, 0.5) is 0 Å². The van der Waals surface area contributed by atoms with Gasteiger partial charge in [0.25, 0.3) is 0 Å². The molecule has 0 fully saturated rings. The standard InChI is InChI=1S/C26H22O6/c1-2-29-22-11-7-6-10-19(22)14-24-26(28)21-13-12-20(15-23(21)32-24)30-17-25(27)31-16-18-8-4-3-5-9-18/h3-15H,2,16-17H2,1H3/b24-14-. The zero-order valence-electron chi connectivity index (χ0n) is 17.6. The third kappa shape index (κ3) is 4.98. The van der Waals surface area contributed by atoms with Gasteiger partial charge < -0.3 is 18.9 Å². The fourth-order valence-corrected chi connectivity index (χ4v) is 3.21. The highest BCUT2D eigenvalue weighted by molar-refractivity contribution is 6.14. The second kappa shape index (κ2) is 9.83. The third-order valence-corrected chi connectivity index (χ3v) is 4.75. The summed E-state index contributed by atoms with van der Waals surface area (Å²) in [5.41, 5.74) is 2.09. The molecule has 3 aromatic carbocycles. The summed E-state index contributed by atoms with van der Waals surface area (Å²) >= 11 is 0. The molecule has 1 heterocycles. The van der Waals surface area contributed by atoms with E-state index in [1.54, 1.807) is 24.3 Å². The lowest BCUT2D eigenvalue weighted by molar-refractivity contribution is -0.147. The van der Waals surface area contributed by atoms with Crippen molar-refractivity contribution in [3.63, 3.8) is 0 Å². The van der Waals surface area contributed by atoms with Crippen LogP contribution >= 0.6 is 0 Å². The Balaban J connectivity index is 1.39. The van der Waals surface area contributed by atoms with Gasteiger partial charge in [-0.15, -0.1) is 0 Å². The van der Waals surface area contributed by atoms with E-state index in [1.165, 1.54) is 0 Å². The smallest absolute Gasteiger partial charge is 0.344 e. The number of carbonyl (C=O) groups is 2. The van der Waals surface area contributed by atoms with Crippen molar-refractivity contribution in [2.24, 2.45) is 0 Å². The number of rotatable bonds is 8. The van der Waals surface area contributed by atoms with Gasteiger partial charge in [-0.1, -0.05) is 48.5 Å². The van der Waals surface area contributed by atoms with Crippen LogP contribution in [0.1, 0.15) is 28.4 Å². The number of esters is 1. The summed E-state index contributed by atoms with van der Waals surface area (Å²) in [6.07, 6.45) is 1.66. The molecule has 3 aromatic rings. The Hall–Kier alpha value is -4.06. The molecule has 1 aliphatic heterocycles. The van der Waals surface area contributed by atoms with Crippen LogP contribution in [0.25, 0.3) is 6.08 Å². The van der Waals surface area contributed by atoms with Crippen molar-refractivity contribution in [3.05, 3.63) is 95.2 Å². The zero-order chi connectivity index (χ0) is 22.3. The van der Waals surface area contributed by atoms with Crippen LogP contribution < -0.4 is 14.2 Å². The first kappa shape index (κ1) is 21.2. The number of fused-ring (bicyclic) bond motifs is 1. The average molecular weight is 430 g/mol. The Morgan fingerprint density at radius 3 is 2.56 bits per heavy atom. The highest BCUT2D eigenvalue weighted by atomic mass is 16.6. The van der Waals surface area contributed by atoms with Crippen LogP contribution in [0.3, 0.4) is 0 Å². The summed E-state index contributed by atoms with van der Waals surface area (Å²) in [6, 6.07) is 21.7. The van der Waals surface area contributed by atoms with Gasteiger partial charge in [-0.25, -0.2) is 4.79 Å². The number of ketones is 1. The van der Waals surface area contributed by atoms with Gasteiger partial charge in [0.05, 0.1) is 12.2 Å². The number of allylic oxidation sites excluding steroid dienone is 1. The number of carbonyl (C=O) groups excluding carboxylic acids is 2. The van der Waals surface area contributed by atoms with Crippen LogP contribution in [0.2, 0.25) is 0 Å². The van der Waals surface area contributed by atoms with E-state index in [0.29, 0.717) is 29.4 Å². The summed E-state index contributed by atoms with van der Waals surface area (Å²) in [5, 5.41) is 0. The molecule has 0 spiro atoms. The Morgan fingerprint density at radius 2 is 1.75 bits per heavy atom. The normalized spacial score (nSPS) is 13.4. The first-order chi connectivity index (χ1) is 15.6. The fraction of sp³-hybridized carbons (Fsp3) is 0.154. The van der Waals surface area contributed by atoms with Gasteiger partial charge in [0, 0.05) is 11.6 Å². The minimum atomic E-state index is -0.487. The molecular formula is C26H22O6. The molecule has 4 rings (SSSR count). The molecule has 0 N–H and O–H groups in total. The Labute approximate surface area is 186 Å².